The van der Waals surface area contributed by atoms with Gasteiger partial charge >= 0.3 is 0 Å². The lowest BCUT2D eigenvalue weighted by atomic mass is 9.95. The molecule has 0 aliphatic rings. The van der Waals surface area contributed by atoms with E-state index in [-0.39, 0.29) is 10.6 Å². The lowest BCUT2D eigenvalue weighted by Crippen LogP contribution is -2.50. The largest absolute Gasteiger partial charge is 0.497 e. The van der Waals surface area contributed by atoms with E-state index in [0.29, 0.717) is 12.2 Å². The summed E-state index contributed by atoms with van der Waals surface area (Å²) in [7, 11) is -2.62. The van der Waals surface area contributed by atoms with Crippen LogP contribution in [0.25, 0.3) is 0 Å². The normalized spacial score (nSPS) is 11.6. The maximum atomic E-state index is 13.5. The van der Waals surface area contributed by atoms with Crippen molar-refractivity contribution in [3.8, 4) is 5.75 Å². The number of anilines is 1. The van der Waals surface area contributed by atoms with E-state index in [4.69, 9.17) is 4.74 Å². The Balaban J connectivity index is 1.86. The van der Waals surface area contributed by atoms with Crippen molar-refractivity contribution >= 4 is 21.6 Å². The monoisotopic (exact) mass is 470 g/mol. The average molecular weight is 471 g/mol. The predicted octanol–water partition coefficient (Wildman–Crippen LogP) is 4.17. The molecule has 0 aliphatic carbocycles. The van der Waals surface area contributed by atoms with Gasteiger partial charge in [-0.2, -0.15) is 0 Å². The van der Waals surface area contributed by atoms with E-state index in [2.05, 4.69) is 5.32 Å². The molecule has 0 aliphatic heterocycles. The lowest BCUT2D eigenvalue weighted by molar-refractivity contribution is -0.121. The van der Waals surface area contributed by atoms with Gasteiger partial charge in [0.15, 0.2) is 0 Å². The van der Waals surface area contributed by atoms with Crippen LogP contribution in [0.4, 0.5) is 10.1 Å². The Hall–Kier alpha value is -3.39. The Morgan fingerprint density at radius 1 is 0.970 bits per heavy atom. The van der Waals surface area contributed by atoms with E-state index in [9.17, 15) is 17.6 Å². The Kier molecular flexibility index (Phi) is 7.38. The van der Waals surface area contributed by atoms with Gasteiger partial charge < -0.3 is 10.1 Å². The fraction of sp³-hybridized carbons (Fsp3) is 0.240. The van der Waals surface area contributed by atoms with Crippen LogP contribution in [0, 0.1) is 5.82 Å². The van der Waals surface area contributed by atoms with Crippen molar-refractivity contribution in [3.05, 3.63) is 90.2 Å². The number of nitrogens with one attached hydrogen (secondary N) is 1. The van der Waals surface area contributed by atoms with E-state index in [0.717, 1.165) is 22.0 Å². The van der Waals surface area contributed by atoms with Crippen molar-refractivity contribution in [2.75, 3.05) is 18.0 Å². The smallest absolute Gasteiger partial charge is 0.264 e. The van der Waals surface area contributed by atoms with Crippen LogP contribution >= 0.6 is 0 Å². The van der Waals surface area contributed by atoms with Gasteiger partial charge in [-0.3, -0.25) is 9.10 Å². The number of hydrogen-bond acceptors (Lipinski definition) is 4. The summed E-state index contributed by atoms with van der Waals surface area (Å²) in [4.78, 5) is 13.0. The topological polar surface area (TPSA) is 75.7 Å². The quantitative estimate of drug-likeness (QED) is 0.509. The Labute approximate surface area is 194 Å². The van der Waals surface area contributed by atoms with Crippen LogP contribution < -0.4 is 14.4 Å². The van der Waals surface area contributed by atoms with Gasteiger partial charge in [-0.05, 0) is 74.4 Å². The van der Waals surface area contributed by atoms with Gasteiger partial charge in [-0.25, -0.2) is 12.8 Å². The molecule has 3 aromatic rings. The van der Waals surface area contributed by atoms with Crippen molar-refractivity contribution in [2.45, 2.75) is 30.7 Å². The van der Waals surface area contributed by atoms with Gasteiger partial charge in [0.1, 0.15) is 18.1 Å². The number of amides is 1. The lowest BCUT2D eigenvalue weighted by Gasteiger charge is -2.29. The number of methoxy groups -OCH3 is 1. The van der Waals surface area contributed by atoms with Crippen molar-refractivity contribution < 1.29 is 22.3 Å². The Morgan fingerprint density at radius 2 is 1.58 bits per heavy atom. The van der Waals surface area contributed by atoms with Crippen LogP contribution in [0.5, 0.6) is 5.75 Å². The first-order valence-electron chi connectivity index (χ1n) is 10.4. The zero-order valence-corrected chi connectivity index (χ0v) is 19.6. The summed E-state index contributed by atoms with van der Waals surface area (Å²) in [5, 5.41) is 2.92. The van der Waals surface area contributed by atoms with E-state index in [1.165, 1.54) is 43.5 Å². The Bertz CT molecular complexity index is 1180. The van der Waals surface area contributed by atoms with Gasteiger partial charge in [-0.15, -0.1) is 0 Å². The van der Waals surface area contributed by atoms with Crippen LogP contribution in [0.1, 0.15) is 19.4 Å². The van der Waals surface area contributed by atoms with Crippen molar-refractivity contribution in [1.29, 1.82) is 0 Å². The molecule has 0 fully saturated rings. The molecule has 174 valence electrons. The molecule has 0 spiro atoms. The average Bonchev–Trinajstić information content (AvgIpc) is 2.78. The number of benzene rings is 3. The molecule has 6 nitrogen and oxygen atoms in total. The van der Waals surface area contributed by atoms with Crippen molar-refractivity contribution in [1.82, 2.24) is 5.32 Å². The fourth-order valence-corrected chi connectivity index (χ4v) is 4.92. The first kappa shape index (κ1) is 24.3. The highest BCUT2D eigenvalue weighted by atomic mass is 32.2. The number of nitrogens with zero attached hydrogens (tertiary/aromatic N) is 1. The number of carbonyl (C=O) groups is 1. The van der Waals surface area contributed by atoms with Crippen LogP contribution in [-0.4, -0.2) is 33.5 Å². The van der Waals surface area contributed by atoms with Crippen LogP contribution in [-0.2, 0) is 21.2 Å². The van der Waals surface area contributed by atoms with E-state index < -0.39 is 33.8 Å². The van der Waals surface area contributed by atoms with Crippen molar-refractivity contribution in [2.24, 2.45) is 0 Å². The number of carbonyl (C=O) groups excluding carboxylic acids is 1. The number of sulfonamides is 1. The molecule has 1 N–H and O–H groups in total. The van der Waals surface area contributed by atoms with Gasteiger partial charge in [0.2, 0.25) is 5.91 Å². The fourth-order valence-electron chi connectivity index (χ4n) is 3.50. The number of rotatable bonds is 9. The van der Waals surface area contributed by atoms with Gasteiger partial charge in [-0.1, -0.05) is 30.3 Å². The molecule has 0 aromatic heterocycles. The molecule has 0 heterocycles. The third-order valence-corrected chi connectivity index (χ3v) is 6.80. The highest BCUT2D eigenvalue weighted by Gasteiger charge is 2.29. The molecule has 1 amide bonds. The zero-order valence-electron chi connectivity index (χ0n) is 18.8. The third kappa shape index (κ3) is 6.32. The first-order valence-corrected chi connectivity index (χ1v) is 11.8. The van der Waals surface area contributed by atoms with Crippen LogP contribution in [0.3, 0.4) is 0 Å². The summed E-state index contributed by atoms with van der Waals surface area (Å²) in [5.41, 5.74) is 0.615. The molecule has 3 rings (SSSR count). The van der Waals surface area contributed by atoms with Gasteiger partial charge in [0, 0.05) is 5.54 Å². The van der Waals surface area contributed by atoms with Gasteiger partial charge in [0.25, 0.3) is 10.0 Å². The highest BCUT2D eigenvalue weighted by molar-refractivity contribution is 7.92. The second-order valence-corrected chi connectivity index (χ2v) is 10.1. The molecule has 8 heteroatoms. The van der Waals surface area contributed by atoms with E-state index in [1.54, 1.807) is 0 Å². The maximum absolute atomic E-state index is 13.5. The first-order chi connectivity index (χ1) is 15.6. The highest BCUT2D eigenvalue weighted by Crippen LogP contribution is 2.25. The second kappa shape index (κ2) is 10.0. The van der Waals surface area contributed by atoms with Crippen molar-refractivity contribution in [3.63, 3.8) is 0 Å². The molecule has 0 bridgehead atoms. The molecule has 3 aromatic carbocycles. The summed E-state index contributed by atoms with van der Waals surface area (Å²) in [6.45, 7) is 3.29. The summed E-state index contributed by atoms with van der Waals surface area (Å²) >= 11 is 0. The molecule has 0 saturated carbocycles. The standard InChI is InChI=1S/C25H27FN2O4S/c1-25(2,17-19-7-5-4-6-8-19)27-24(29)18-28(21-11-9-20(26)10-12-21)33(30,31)23-15-13-22(32-3)14-16-23/h4-16H,17-18H2,1-3H3,(H,27,29). The summed E-state index contributed by atoms with van der Waals surface area (Å²) < 4.78 is 46.4. The van der Waals surface area contributed by atoms with Crippen LogP contribution in [0.15, 0.2) is 83.8 Å². The molecule has 0 radical (unpaired) electrons. The summed E-state index contributed by atoms with van der Waals surface area (Å²) in [5.74, 6) is -0.478. The number of ether oxygens (including phenoxy) is 1. The van der Waals surface area contributed by atoms with E-state index in [1.807, 2.05) is 44.2 Å². The number of hydrogen-bond donors (Lipinski definition) is 1. The minimum atomic E-state index is -4.11. The van der Waals surface area contributed by atoms with Crippen LogP contribution in [0.2, 0.25) is 0 Å². The molecule has 0 unspecified atom stereocenters. The number of halogens is 1. The molecule has 33 heavy (non-hydrogen) atoms. The molecular weight excluding hydrogens is 443 g/mol. The third-order valence-electron chi connectivity index (χ3n) is 5.02. The SMILES string of the molecule is COc1ccc(S(=O)(=O)N(CC(=O)NC(C)(C)Cc2ccccc2)c2ccc(F)cc2)cc1. The molecule has 0 atom stereocenters. The summed E-state index contributed by atoms with van der Waals surface area (Å²) in [6, 6.07) is 20.5. The second-order valence-electron chi connectivity index (χ2n) is 8.26. The summed E-state index contributed by atoms with van der Waals surface area (Å²) in [6.07, 6.45) is 0.571. The minimum Gasteiger partial charge on any atom is -0.497 e. The van der Waals surface area contributed by atoms with E-state index >= 15 is 0 Å². The molecular formula is C25H27FN2O4S. The predicted molar refractivity (Wildman–Crippen MR) is 126 cm³/mol. The van der Waals surface area contributed by atoms with Gasteiger partial charge in [0.05, 0.1) is 17.7 Å². The Morgan fingerprint density at radius 3 is 2.15 bits per heavy atom. The molecule has 0 saturated heterocycles. The maximum Gasteiger partial charge on any atom is 0.264 e. The minimum absolute atomic E-state index is 0.0102. The zero-order chi connectivity index (χ0) is 24.1.